The first-order valence-electron chi connectivity index (χ1n) is 11.6. The van der Waals surface area contributed by atoms with E-state index in [1.54, 1.807) is 11.8 Å². The van der Waals surface area contributed by atoms with Crippen molar-refractivity contribution in [2.45, 2.75) is 69.9 Å². The number of carbonyl (C=O) groups is 1. The average molecular weight is 465 g/mol. The summed E-state index contributed by atoms with van der Waals surface area (Å²) in [7, 11) is 0. The topological polar surface area (TPSA) is 78.2 Å². The van der Waals surface area contributed by atoms with Gasteiger partial charge in [0.05, 0.1) is 17.8 Å². The van der Waals surface area contributed by atoms with Gasteiger partial charge in [-0.05, 0) is 45.2 Å². The van der Waals surface area contributed by atoms with Gasteiger partial charge in [-0.1, -0.05) is 24.3 Å². The van der Waals surface area contributed by atoms with Crippen molar-refractivity contribution in [1.29, 1.82) is 5.26 Å². The van der Waals surface area contributed by atoms with Gasteiger partial charge in [-0.15, -0.1) is 11.8 Å². The third-order valence-electron chi connectivity index (χ3n) is 6.28. The number of aldehydes is 1. The Balaban J connectivity index is 1.65. The number of nitriles is 1. The SMILES string of the molecule is CC1CN(c2nc(SCCc3ccc(C=O)cc3)c(C#N)c3c2COC(C)(C)C3)CC(C)N1. The number of nitrogens with zero attached hydrogens (tertiary/aromatic N) is 3. The Kier molecular flexibility index (Phi) is 7.08. The molecule has 3 heterocycles. The normalized spacial score (nSPS) is 21.8. The van der Waals surface area contributed by atoms with Crippen LogP contribution in [0.15, 0.2) is 29.3 Å². The number of hydrogen-bond donors (Lipinski definition) is 1. The minimum atomic E-state index is -0.302. The van der Waals surface area contributed by atoms with E-state index in [0.717, 1.165) is 53.5 Å². The molecule has 33 heavy (non-hydrogen) atoms. The number of benzene rings is 1. The number of hydrogen-bond acceptors (Lipinski definition) is 7. The Hall–Kier alpha value is -2.40. The Labute approximate surface area is 200 Å². The van der Waals surface area contributed by atoms with E-state index in [0.29, 0.717) is 36.2 Å². The number of fused-ring (bicyclic) bond motifs is 1. The van der Waals surface area contributed by atoms with Crippen molar-refractivity contribution in [3.8, 4) is 6.07 Å². The summed E-state index contributed by atoms with van der Waals surface area (Å²) in [5, 5.41) is 14.5. The van der Waals surface area contributed by atoms with Gasteiger partial charge in [0.25, 0.3) is 0 Å². The number of nitrogens with one attached hydrogen (secondary N) is 1. The fourth-order valence-corrected chi connectivity index (χ4v) is 5.73. The molecule has 6 nitrogen and oxygen atoms in total. The highest BCUT2D eigenvalue weighted by Crippen LogP contribution is 2.39. The van der Waals surface area contributed by atoms with Crippen molar-refractivity contribution in [2.24, 2.45) is 0 Å². The summed E-state index contributed by atoms with van der Waals surface area (Å²) in [5.41, 5.74) is 4.41. The van der Waals surface area contributed by atoms with Gasteiger partial charge in [0, 0.05) is 48.5 Å². The molecule has 2 atom stereocenters. The molecule has 0 bridgehead atoms. The fourth-order valence-electron chi connectivity index (χ4n) is 4.74. The van der Waals surface area contributed by atoms with Crippen LogP contribution in [0.25, 0.3) is 0 Å². The maximum Gasteiger partial charge on any atom is 0.150 e. The molecule has 4 rings (SSSR count). The molecule has 1 fully saturated rings. The lowest BCUT2D eigenvalue weighted by molar-refractivity contribution is -0.0402. The quantitative estimate of drug-likeness (QED) is 0.508. The molecule has 1 N–H and O–H groups in total. The van der Waals surface area contributed by atoms with Crippen LogP contribution >= 0.6 is 11.8 Å². The second kappa shape index (κ2) is 9.84. The highest BCUT2D eigenvalue weighted by atomic mass is 32.2. The van der Waals surface area contributed by atoms with Crippen LogP contribution in [0.4, 0.5) is 5.82 Å². The van der Waals surface area contributed by atoms with Crippen molar-refractivity contribution in [1.82, 2.24) is 10.3 Å². The van der Waals surface area contributed by atoms with Crippen LogP contribution in [0.5, 0.6) is 0 Å². The number of thioether (sulfide) groups is 1. The first-order chi connectivity index (χ1) is 15.8. The van der Waals surface area contributed by atoms with E-state index >= 15 is 0 Å². The van der Waals surface area contributed by atoms with Crippen LogP contribution in [0.2, 0.25) is 0 Å². The number of pyridine rings is 1. The van der Waals surface area contributed by atoms with E-state index in [2.05, 4.69) is 44.0 Å². The number of carbonyl (C=O) groups excluding carboxylic acids is 1. The molecule has 0 amide bonds. The zero-order valence-electron chi connectivity index (χ0n) is 19.9. The van der Waals surface area contributed by atoms with Crippen molar-refractivity contribution >= 4 is 23.9 Å². The van der Waals surface area contributed by atoms with Gasteiger partial charge < -0.3 is 15.0 Å². The summed E-state index contributed by atoms with van der Waals surface area (Å²) in [6.07, 6.45) is 2.41. The lowest BCUT2D eigenvalue weighted by Gasteiger charge is -2.40. The molecule has 2 unspecified atom stereocenters. The number of piperazine rings is 1. The predicted molar refractivity (Wildman–Crippen MR) is 132 cm³/mol. The fraction of sp³-hybridized carbons (Fsp3) is 0.500. The molecule has 2 aromatic rings. The molecule has 2 aliphatic rings. The minimum Gasteiger partial charge on any atom is -0.370 e. The average Bonchev–Trinajstić information content (AvgIpc) is 2.77. The maximum atomic E-state index is 10.9. The molecule has 0 spiro atoms. The lowest BCUT2D eigenvalue weighted by atomic mass is 9.89. The van der Waals surface area contributed by atoms with Crippen LogP contribution in [0, 0.1) is 11.3 Å². The second-order valence-corrected chi connectivity index (χ2v) is 10.8. The monoisotopic (exact) mass is 464 g/mol. The number of anilines is 1. The van der Waals surface area contributed by atoms with Gasteiger partial charge in [0.2, 0.25) is 0 Å². The first kappa shape index (κ1) is 23.7. The van der Waals surface area contributed by atoms with E-state index in [1.165, 1.54) is 5.56 Å². The molecule has 7 heteroatoms. The van der Waals surface area contributed by atoms with Crippen LogP contribution in [0.3, 0.4) is 0 Å². The molecule has 0 radical (unpaired) electrons. The molecule has 2 aliphatic heterocycles. The van der Waals surface area contributed by atoms with Crippen LogP contribution < -0.4 is 10.2 Å². The van der Waals surface area contributed by atoms with Gasteiger partial charge in [-0.3, -0.25) is 4.79 Å². The number of rotatable bonds is 6. The van der Waals surface area contributed by atoms with Gasteiger partial charge in [0.1, 0.15) is 23.2 Å². The summed E-state index contributed by atoms with van der Waals surface area (Å²) < 4.78 is 6.15. The van der Waals surface area contributed by atoms with Crippen LogP contribution in [-0.4, -0.2) is 47.8 Å². The maximum absolute atomic E-state index is 10.9. The number of aryl methyl sites for hydroxylation is 1. The van der Waals surface area contributed by atoms with Gasteiger partial charge in [-0.25, -0.2) is 4.98 Å². The highest BCUT2D eigenvalue weighted by Gasteiger charge is 2.34. The summed E-state index contributed by atoms with van der Waals surface area (Å²) in [5.74, 6) is 1.78. The lowest BCUT2D eigenvalue weighted by Crippen LogP contribution is -2.55. The van der Waals surface area contributed by atoms with Gasteiger partial charge in [0.15, 0.2) is 0 Å². The Morgan fingerprint density at radius 3 is 2.58 bits per heavy atom. The standard InChI is InChI=1S/C26H32N4O2S/c1-17-13-30(14-18(2)28-17)24-23-16-32-26(3,4)11-21(23)22(12-27)25(29-24)33-10-9-19-5-7-20(15-31)8-6-19/h5-8,15,17-18,28H,9-11,13-14,16H2,1-4H3. The van der Waals surface area contributed by atoms with E-state index in [4.69, 9.17) is 9.72 Å². The molecule has 1 aromatic heterocycles. The molecule has 174 valence electrons. The Morgan fingerprint density at radius 1 is 1.24 bits per heavy atom. The Morgan fingerprint density at radius 2 is 1.94 bits per heavy atom. The van der Waals surface area contributed by atoms with Crippen molar-refractivity contribution in [2.75, 3.05) is 23.7 Å². The van der Waals surface area contributed by atoms with Crippen molar-refractivity contribution < 1.29 is 9.53 Å². The van der Waals surface area contributed by atoms with Crippen molar-refractivity contribution in [3.05, 3.63) is 52.1 Å². The smallest absolute Gasteiger partial charge is 0.150 e. The Bertz CT molecular complexity index is 1050. The summed E-state index contributed by atoms with van der Waals surface area (Å²) >= 11 is 1.64. The zero-order chi connectivity index (χ0) is 23.6. The van der Waals surface area contributed by atoms with E-state index in [1.807, 2.05) is 24.3 Å². The summed E-state index contributed by atoms with van der Waals surface area (Å²) in [6.45, 7) is 10.8. The second-order valence-electron chi connectivity index (χ2n) is 9.74. The number of aromatic nitrogens is 1. The van der Waals surface area contributed by atoms with E-state index in [9.17, 15) is 10.1 Å². The number of ether oxygens (including phenoxy) is 1. The third kappa shape index (κ3) is 5.40. The van der Waals surface area contributed by atoms with Crippen molar-refractivity contribution in [3.63, 3.8) is 0 Å². The highest BCUT2D eigenvalue weighted by molar-refractivity contribution is 7.99. The van der Waals surface area contributed by atoms with Crippen LogP contribution in [0.1, 0.15) is 60.3 Å². The third-order valence-corrected chi connectivity index (χ3v) is 7.26. The van der Waals surface area contributed by atoms with Gasteiger partial charge >= 0.3 is 0 Å². The zero-order valence-corrected chi connectivity index (χ0v) is 20.7. The predicted octanol–water partition coefficient (Wildman–Crippen LogP) is 4.14. The van der Waals surface area contributed by atoms with E-state index in [-0.39, 0.29) is 5.60 Å². The van der Waals surface area contributed by atoms with Crippen LogP contribution in [-0.2, 0) is 24.2 Å². The minimum absolute atomic E-state index is 0.302. The molecule has 0 aliphatic carbocycles. The summed E-state index contributed by atoms with van der Waals surface area (Å²) in [6, 6.07) is 10.9. The first-order valence-corrected chi connectivity index (χ1v) is 12.6. The summed E-state index contributed by atoms with van der Waals surface area (Å²) in [4.78, 5) is 18.3. The largest absolute Gasteiger partial charge is 0.370 e. The molecule has 0 saturated carbocycles. The molecular weight excluding hydrogens is 432 g/mol. The van der Waals surface area contributed by atoms with E-state index < -0.39 is 0 Å². The molecule has 1 saturated heterocycles. The molecule has 1 aromatic carbocycles. The van der Waals surface area contributed by atoms with Gasteiger partial charge in [-0.2, -0.15) is 5.26 Å². The molecular formula is C26H32N4O2S.